The Hall–Kier alpha value is -3.90. The molecule has 7 heteroatoms. The lowest BCUT2D eigenvalue weighted by molar-refractivity contribution is -0.141. The maximum Gasteiger partial charge on any atom is 0.336 e. The van der Waals surface area contributed by atoms with E-state index in [9.17, 15) is 14.4 Å². The quantitative estimate of drug-likeness (QED) is 0.326. The number of carbonyl (C=O) groups is 3. The van der Waals surface area contributed by atoms with Crippen molar-refractivity contribution in [1.82, 2.24) is 10.2 Å². The fourth-order valence-corrected chi connectivity index (χ4v) is 5.23. The second-order valence-corrected chi connectivity index (χ2v) is 9.96. The minimum Gasteiger partial charge on any atom is -0.463 e. The van der Waals surface area contributed by atoms with Crippen molar-refractivity contribution in [2.75, 3.05) is 19.7 Å². The molecule has 0 aliphatic carbocycles. The molecule has 0 saturated heterocycles. The van der Waals surface area contributed by atoms with Crippen LogP contribution in [0.15, 0.2) is 96.2 Å². The number of hydrogen-bond donors (Lipinski definition) is 1. The van der Waals surface area contributed by atoms with E-state index >= 15 is 0 Å². The molecule has 39 heavy (non-hydrogen) atoms. The fourth-order valence-electron chi connectivity index (χ4n) is 5.11. The van der Waals surface area contributed by atoms with Gasteiger partial charge in [0.1, 0.15) is 6.54 Å². The number of halogens is 1. The molecule has 1 aliphatic heterocycles. The predicted molar refractivity (Wildman–Crippen MR) is 152 cm³/mol. The molecule has 1 atom stereocenters. The molecule has 0 bridgehead atoms. The zero-order chi connectivity index (χ0) is 27.8. The first-order chi connectivity index (χ1) is 18.9. The number of benzene rings is 3. The van der Waals surface area contributed by atoms with Crippen molar-refractivity contribution >= 4 is 29.4 Å². The molecule has 1 unspecified atom stereocenters. The summed E-state index contributed by atoms with van der Waals surface area (Å²) in [6, 6.07) is 27.5. The van der Waals surface area contributed by atoms with Crippen LogP contribution in [0.4, 0.5) is 0 Å². The molecule has 3 aromatic rings. The van der Waals surface area contributed by atoms with Gasteiger partial charge in [-0.1, -0.05) is 84.4 Å². The average Bonchev–Trinajstić information content (AvgIpc) is 2.94. The number of allylic oxidation sites excluding steroid dienone is 1. The Kier molecular flexibility index (Phi) is 9.55. The number of ether oxygens (including phenoxy) is 1. The maximum absolute atomic E-state index is 13.2. The summed E-state index contributed by atoms with van der Waals surface area (Å²) < 4.78 is 5.33. The SMILES string of the molecule is CCOC(=O)C1=C(C)N(CC(=O)NCCC(c2ccccc2)c2ccccc2)C(=O)CC1c1ccc(Cl)cc1. The van der Waals surface area contributed by atoms with Crippen LogP contribution in [0.5, 0.6) is 0 Å². The Morgan fingerprint density at radius 3 is 2.13 bits per heavy atom. The zero-order valence-corrected chi connectivity index (χ0v) is 23.0. The molecule has 0 saturated carbocycles. The summed E-state index contributed by atoms with van der Waals surface area (Å²) >= 11 is 6.04. The predicted octanol–water partition coefficient (Wildman–Crippen LogP) is 5.83. The molecule has 1 N–H and O–H groups in total. The Morgan fingerprint density at radius 2 is 1.56 bits per heavy atom. The Labute approximate surface area is 234 Å². The van der Waals surface area contributed by atoms with Crippen molar-refractivity contribution in [1.29, 1.82) is 0 Å². The molecule has 0 spiro atoms. The van der Waals surface area contributed by atoms with Gasteiger partial charge in [-0.2, -0.15) is 0 Å². The number of amides is 2. The molecule has 0 fully saturated rings. The van der Waals surface area contributed by atoms with Crippen molar-refractivity contribution < 1.29 is 19.1 Å². The second-order valence-electron chi connectivity index (χ2n) is 9.52. The summed E-state index contributed by atoms with van der Waals surface area (Å²) in [4.78, 5) is 40.5. The number of rotatable bonds is 10. The van der Waals surface area contributed by atoms with Crippen LogP contribution in [-0.2, 0) is 19.1 Å². The molecule has 4 rings (SSSR count). The van der Waals surface area contributed by atoms with Crippen molar-refractivity contribution in [3.63, 3.8) is 0 Å². The fraction of sp³-hybridized carbons (Fsp3) is 0.281. The van der Waals surface area contributed by atoms with Gasteiger partial charge in [-0.3, -0.25) is 9.59 Å². The first kappa shape index (κ1) is 28.1. The van der Waals surface area contributed by atoms with E-state index in [-0.39, 0.29) is 37.3 Å². The number of nitrogens with one attached hydrogen (secondary N) is 1. The third kappa shape index (κ3) is 6.95. The highest BCUT2D eigenvalue weighted by Crippen LogP contribution is 2.37. The smallest absolute Gasteiger partial charge is 0.336 e. The standard InChI is InChI=1S/C32H33ClN2O4/c1-3-39-32(38)31-22(2)35(30(37)20-28(31)25-14-16-26(33)17-15-25)21-29(36)34-19-18-27(23-10-6-4-7-11-23)24-12-8-5-9-13-24/h4-17,27-28H,3,18-21H2,1-2H3,(H,34,36). The van der Waals surface area contributed by atoms with E-state index in [0.717, 1.165) is 5.56 Å². The van der Waals surface area contributed by atoms with Gasteiger partial charge in [0.15, 0.2) is 0 Å². The van der Waals surface area contributed by atoms with E-state index < -0.39 is 11.9 Å². The van der Waals surface area contributed by atoms with Gasteiger partial charge in [0.05, 0.1) is 12.2 Å². The largest absolute Gasteiger partial charge is 0.463 e. The highest BCUT2D eigenvalue weighted by Gasteiger charge is 2.37. The Morgan fingerprint density at radius 1 is 0.974 bits per heavy atom. The van der Waals surface area contributed by atoms with E-state index in [0.29, 0.717) is 29.3 Å². The van der Waals surface area contributed by atoms with Gasteiger partial charge < -0.3 is 15.0 Å². The molecular weight excluding hydrogens is 512 g/mol. The van der Waals surface area contributed by atoms with Crippen molar-refractivity contribution in [3.05, 3.63) is 118 Å². The number of hydrogen-bond acceptors (Lipinski definition) is 4. The normalized spacial score (nSPS) is 15.4. The summed E-state index contributed by atoms with van der Waals surface area (Å²) in [5.74, 6) is -1.33. The molecule has 1 heterocycles. The zero-order valence-electron chi connectivity index (χ0n) is 22.2. The average molecular weight is 545 g/mol. The van der Waals surface area contributed by atoms with Crippen LogP contribution in [0.1, 0.15) is 55.2 Å². The van der Waals surface area contributed by atoms with Gasteiger partial charge in [0.2, 0.25) is 11.8 Å². The van der Waals surface area contributed by atoms with Gasteiger partial charge in [0.25, 0.3) is 0 Å². The van der Waals surface area contributed by atoms with Gasteiger partial charge in [-0.25, -0.2) is 4.79 Å². The lowest BCUT2D eigenvalue weighted by atomic mass is 9.83. The van der Waals surface area contributed by atoms with Crippen LogP contribution in [0.2, 0.25) is 5.02 Å². The molecule has 3 aromatic carbocycles. The number of carbonyl (C=O) groups excluding carboxylic acids is 3. The summed E-state index contributed by atoms with van der Waals surface area (Å²) in [6.07, 6.45) is 0.764. The van der Waals surface area contributed by atoms with E-state index in [4.69, 9.17) is 16.3 Å². The molecule has 202 valence electrons. The van der Waals surface area contributed by atoms with Gasteiger partial charge >= 0.3 is 5.97 Å². The maximum atomic E-state index is 13.2. The van der Waals surface area contributed by atoms with E-state index in [1.54, 1.807) is 26.0 Å². The van der Waals surface area contributed by atoms with Gasteiger partial charge in [0, 0.05) is 35.5 Å². The minimum atomic E-state index is -0.485. The third-order valence-electron chi connectivity index (χ3n) is 7.05. The van der Waals surface area contributed by atoms with Crippen molar-refractivity contribution in [3.8, 4) is 0 Å². The highest BCUT2D eigenvalue weighted by atomic mass is 35.5. The first-order valence-corrected chi connectivity index (χ1v) is 13.6. The Bertz CT molecular complexity index is 1280. The molecular formula is C32H33ClN2O4. The first-order valence-electron chi connectivity index (χ1n) is 13.2. The lowest BCUT2D eigenvalue weighted by Crippen LogP contribution is -2.44. The van der Waals surface area contributed by atoms with Crippen LogP contribution < -0.4 is 5.32 Å². The molecule has 6 nitrogen and oxygen atoms in total. The van der Waals surface area contributed by atoms with Crippen molar-refractivity contribution in [2.45, 2.75) is 38.5 Å². The minimum absolute atomic E-state index is 0.0600. The summed E-state index contributed by atoms with van der Waals surface area (Å²) in [7, 11) is 0. The van der Waals surface area contributed by atoms with E-state index in [1.165, 1.54) is 16.0 Å². The van der Waals surface area contributed by atoms with Gasteiger partial charge in [-0.15, -0.1) is 0 Å². The third-order valence-corrected chi connectivity index (χ3v) is 7.30. The van der Waals surface area contributed by atoms with Crippen LogP contribution in [0, 0.1) is 0 Å². The van der Waals surface area contributed by atoms with Crippen LogP contribution >= 0.6 is 11.6 Å². The molecule has 1 aliphatic rings. The topological polar surface area (TPSA) is 75.7 Å². The number of esters is 1. The van der Waals surface area contributed by atoms with E-state index in [1.807, 2.05) is 48.5 Å². The Balaban J connectivity index is 1.47. The van der Waals surface area contributed by atoms with Crippen LogP contribution in [0.25, 0.3) is 0 Å². The van der Waals surface area contributed by atoms with Crippen molar-refractivity contribution in [2.24, 2.45) is 0 Å². The number of nitrogens with zero attached hydrogens (tertiary/aromatic N) is 1. The van der Waals surface area contributed by atoms with E-state index in [2.05, 4.69) is 29.6 Å². The second kappa shape index (κ2) is 13.3. The summed E-state index contributed by atoms with van der Waals surface area (Å²) in [6.45, 7) is 3.92. The monoisotopic (exact) mass is 544 g/mol. The van der Waals surface area contributed by atoms with Crippen LogP contribution in [0.3, 0.4) is 0 Å². The lowest BCUT2D eigenvalue weighted by Gasteiger charge is -2.34. The summed E-state index contributed by atoms with van der Waals surface area (Å²) in [5.41, 5.74) is 3.98. The van der Waals surface area contributed by atoms with Gasteiger partial charge in [-0.05, 0) is 49.1 Å². The van der Waals surface area contributed by atoms with Crippen LogP contribution in [-0.4, -0.2) is 42.4 Å². The highest BCUT2D eigenvalue weighted by molar-refractivity contribution is 6.30. The molecule has 2 amide bonds. The molecule has 0 radical (unpaired) electrons. The summed E-state index contributed by atoms with van der Waals surface area (Å²) in [5, 5.41) is 3.54. The molecule has 0 aromatic heterocycles.